The van der Waals surface area contributed by atoms with Crippen molar-refractivity contribution < 1.29 is 39.5 Å². The summed E-state index contributed by atoms with van der Waals surface area (Å²) in [7, 11) is 0. The molecule has 38 heavy (non-hydrogen) atoms. The van der Waals surface area contributed by atoms with Gasteiger partial charge in [-0.2, -0.15) is 15.1 Å². The minimum Gasteiger partial charge on any atom is -0.479 e. The Balaban J connectivity index is 1.41. The number of aliphatic hydroxyl groups is 2. The topological polar surface area (TPSA) is 240 Å². The summed E-state index contributed by atoms with van der Waals surface area (Å²) in [5.74, 6) is -2.86. The van der Waals surface area contributed by atoms with Gasteiger partial charge < -0.3 is 35.6 Å². The number of anilines is 1. The number of hydrogen-bond acceptors (Lipinski definition) is 14. The number of nitrogen functional groups attached to an aromatic ring is 1. The molecule has 0 saturated carbocycles. The largest absolute Gasteiger partial charge is 0.479 e. The molecule has 0 radical (unpaired) electrons. The third-order valence-corrected chi connectivity index (χ3v) is 7.14. The number of aliphatic imine (C=N–C) groups is 1. The first kappa shape index (κ1) is 26.0. The van der Waals surface area contributed by atoms with E-state index in [1.165, 1.54) is 22.3 Å². The second-order valence-electron chi connectivity index (χ2n) is 8.36. The highest BCUT2D eigenvalue weighted by Crippen LogP contribution is 2.34. The van der Waals surface area contributed by atoms with Gasteiger partial charge in [0.05, 0.1) is 12.9 Å². The lowest BCUT2D eigenvalue weighted by atomic mass is 9.94. The quantitative estimate of drug-likeness (QED) is 0.220. The van der Waals surface area contributed by atoms with Crippen molar-refractivity contribution in [2.75, 3.05) is 19.0 Å². The van der Waals surface area contributed by atoms with Gasteiger partial charge in [-0.05, 0) is 28.6 Å². The third kappa shape index (κ3) is 4.48. The number of imidazole rings is 1. The Hall–Kier alpha value is -3.61. The highest BCUT2D eigenvalue weighted by Gasteiger charge is 2.50. The van der Waals surface area contributed by atoms with Crippen molar-refractivity contribution in [3.63, 3.8) is 0 Å². The van der Waals surface area contributed by atoms with Gasteiger partial charge in [0.1, 0.15) is 28.7 Å². The van der Waals surface area contributed by atoms with Crippen molar-refractivity contribution >= 4 is 57.7 Å². The van der Waals surface area contributed by atoms with Gasteiger partial charge in [0.2, 0.25) is 10.9 Å². The SMILES string of the molecule is Nc1nc(Cl)nc2c1ncn2[C@@H]1O[C@H](COC(Cc2csc(C(=O)O)c2)(C(=O)O)C2=NCN=N2)[C@@H](O)[C@H]1O. The summed E-state index contributed by atoms with van der Waals surface area (Å²) in [6, 6.07) is 1.32. The monoisotopic (exact) mass is 566 g/mol. The Labute approximate surface area is 221 Å². The molecule has 18 heteroatoms. The number of nitrogens with two attached hydrogens (primary N) is 1. The smallest absolute Gasteiger partial charge is 0.345 e. The number of hydrogen-bond donors (Lipinski definition) is 5. The van der Waals surface area contributed by atoms with Gasteiger partial charge >= 0.3 is 11.9 Å². The third-order valence-electron chi connectivity index (χ3n) is 6.00. The molecule has 1 fully saturated rings. The van der Waals surface area contributed by atoms with Crippen LogP contribution < -0.4 is 5.73 Å². The van der Waals surface area contributed by atoms with Crippen LogP contribution >= 0.6 is 22.9 Å². The molecule has 0 aromatic carbocycles. The number of amidine groups is 1. The molecule has 5 heterocycles. The number of carboxylic acids is 2. The maximum absolute atomic E-state index is 12.5. The Kier molecular flexibility index (Phi) is 6.80. The summed E-state index contributed by atoms with van der Waals surface area (Å²) in [4.78, 5) is 39.8. The maximum atomic E-state index is 12.5. The normalized spacial score (nSPS) is 24.6. The summed E-state index contributed by atoms with van der Waals surface area (Å²) in [6.45, 7) is -0.627. The van der Waals surface area contributed by atoms with E-state index in [0.717, 1.165) is 11.3 Å². The molecule has 6 N–H and O–H groups in total. The Morgan fingerprint density at radius 2 is 2.08 bits per heavy atom. The number of carboxylic acid groups (broad SMARTS) is 2. The van der Waals surface area contributed by atoms with Crippen LogP contribution in [0.15, 0.2) is 33.0 Å². The van der Waals surface area contributed by atoms with Crippen LogP contribution in [0.4, 0.5) is 5.82 Å². The second-order valence-corrected chi connectivity index (χ2v) is 9.61. The van der Waals surface area contributed by atoms with E-state index < -0.39 is 48.7 Å². The van der Waals surface area contributed by atoms with Gasteiger partial charge in [0.15, 0.2) is 30.2 Å². The number of aromatic carboxylic acids is 1. The van der Waals surface area contributed by atoms with Crippen LogP contribution in [0, 0.1) is 0 Å². The van der Waals surface area contributed by atoms with Crippen LogP contribution in [0.1, 0.15) is 21.5 Å². The van der Waals surface area contributed by atoms with E-state index in [-0.39, 0.29) is 46.1 Å². The Bertz CT molecular complexity index is 1480. The Morgan fingerprint density at radius 1 is 1.29 bits per heavy atom. The Morgan fingerprint density at radius 3 is 2.74 bits per heavy atom. The lowest BCUT2D eigenvalue weighted by Gasteiger charge is -2.29. The van der Waals surface area contributed by atoms with Gasteiger partial charge in [0.25, 0.3) is 0 Å². The van der Waals surface area contributed by atoms with E-state index in [0.29, 0.717) is 5.56 Å². The zero-order valence-corrected chi connectivity index (χ0v) is 20.7. The standard InChI is InChI=1S/C20H19ClN8O8S/c21-19-26-13(22)10-14(27-19)29(6-24-10)15-12(31)11(30)8(37-15)3-36-20(18(34)35,17-23-5-25-28-17)2-7-1-9(16(32)33)38-4-7/h1,4,6,8,11-12,15,30-31H,2-3,5H2,(H,32,33)(H,34,35)(H2,22,26,27)/t8-,11-,12-,15-,20?/m1/s1. The molecule has 1 unspecified atom stereocenters. The number of carbonyl (C=O) groups is 2. The van der Waals surface area contributed by atoms with Gasteiger partial charge in [-0.1, -0.05) is 0 Å². The molecule has 200 valence electrons. The number of aliphatic hydroxyl groups excluding tert-OH is 2. The van der Waals surface area contributed by atoms with Gasteiger partial charge in [-0.15, -0.1) is 16.5 Å². The first-order valence-electron chi connectivity index (χ1n) is 10.9. The van der Waals surface area contributed by atoms with Crippen LogP contribution in [0.2, 0.25) is 5.28 Å². The number of azo groups is 1. The van der Waals surface area contributed by atoms with E-state index >= 15 is 0 Å². The zero-order chi connectivity index (χ0) is 27.2. The van der Waals surface area contributed by atoms with Crippen LogP contribution in [0.25, 0.3) is 11.2 Å². The minimum absolute atomic E-state index is 0.00361. The molecular weight excluding hydrogens is 548 g/mol. The second kappa shape index (κ2) is 9.93. The molecular formula is C20H19ClN8O8S. The summed E-state index contributed by atoms with van der Waals surface area (Å²) >= 11 is 6.82. The number of rotatable bonds is 9. The zero-order valence-electron chi connectivity index (χ0n) is 19.1. The molecule has 5 rings (SSSR count). The fourth-order valence-corrected chi connectivity index (χ4v) is 5.07. The highest BCUT2D eigenvalue weighted by molar-refractivity contribution is 7.12. The lowest BCUT2D eigenvalue weighted by Crippen LogP contribution is -2.52. The van der Waals surface area contributed by atoms with E-state index in [9.17, 15) is 30.0 Å². The summed E-state index contributed by atoms with van der Waals surface area (Å²) in [5, 5.41) is 49.7. The predicted molar refractivity (Wildman–Crippen MR) is 129 cm³/mol. The van der Waals surface area contributed by atoms with Crippen molar-refractivity contribution in [2.45, 2.75) is 36.6 Å². The molecule has 0 aliphatic carbocycles. The van der Waals surface area contributed by atoms with Gasteiger partial charge in [-0.25, -0.2) is 19.6 Å². The van der Waals surface area contributed by atoms with Crippen LogP contribution in [0.3, 0.4) is 0 Å². The number of aromatic nitrogens is 4. The molecule has 3 aromatic heterocycles. The van der Waals surface area contributed by atoms with Crippen LogP contribution in [-0.2, 0) is 20.7 Å². The van der Waals surface area contributed by atoms with Gasteiger partial charge in [-0.3, -0.25) is 4.57 Å². The molecule has 0 amide bonds. The van der Waals surface area contributed by atoms with Crippen molar-refractivity contribution in [3.8, 4) is 0 Å². The first-order chi connectivity index (χ1) is 18.1. The van der Waals surface area contributed by atoms with Crippen LogP contribution in [0.5, 0.6) is 0 Å². The van der Waals surface area contributed by atoms with Crippen molar-refractivity contribution in [3.05, 3.63) is 33.5 Å². The average molecular weight is 567 g/mol. The average Bonchev–Trinajstić information content (AvgIpc) is 3.66. The van der Waals surface area contributed by atoms with E-state index in [4.69, 9.17) is 26.8 Å². The van der Waals surface area contributed by atoms with Crippen molar-refractivity contribution in [1.82, 2.24) is 19.5 Å². The lowest BCUT2D eigenvalue weighted by molar-refractivity contribution is -0.162. The van der Waals surface area contributed by atoms with E-state index in [1.807, 2.05) is 0 Å². The molecule has 5 atom stereocenters. The fourth-order valence-electron chi connectivity index (χ4n) is 4.15. The number of aliphatic carboxylic acids is 1. The molecule has 16 nitrogen and oxygen atoms in total. The van der Waals surface area contributed by atoms with Crippen LogP contribution in [-0.4, -0.2) is 94.9 Å². The van der Waals surface area contributed by atoms with E-state index in [1.54, 1.807) is 0 Å². The number of ether oxygens (including phenoxy) is 2. The highest BCUT2D eigenvalue weighted by atomic mass is 35.5. The number of nitrogens with zero attached hydrogens (tertiary/aromatic N) is 7. The molecule has 0 bridgehead atoms. The molecule has 2 aliphatic rings. The number of halogens is 1. The fraction of sp³-hybridized carbons (Fsp3) is 0.400. The number of thiophene rings is 1. The molecule has 0 spiro atoms. The van der Waals surface area contributed by atoms with Crippen molar-refractivity contribution in [2.24, 2.45) is 15.2 Å². The summed E-state index contributed by atoms with van der Waals surface area (Å²) in [5.41, 5.74) is 4.34. The predicted octanol–water partition coefficient (Wildman–Crippen LogP) is 0.345. The van der Waals surface area contributed by atoms with Gasteiger partial charge in [0, 0.05) is 6.42 Å². The molecule has 2 aliphatic heterocycles. The maximum Gasteiger partial charge on any atom is 0.345 e. The molecule has 1 saturated heterocycles. The number of fused-ring (bicyclic) bond motifs is 1. The van der Waals surface area contributed by atoms with Crippen molar-refractivity contribution in [1.29, 1.82) is 0 Å². The molecule has 3 aromatic rings. The summed E-state index contributed by atoms with van der Waals surface area (Å²) in [6.07, 6.45) is -4.47. The van der Waals surface area contributed by atoms with E-state index in [2.05, 4.69) is 30.2 Å². The summed E-state index contributed by atoms with van der Waals surface area (Å²) < 4.78 is 13.0. The first-order valence-corrected chi connectivity index (χ1v) is 12.1. The minimum atomic E-state index is -2.18.